The summed E-state index contributed by atoms with van der Waals surface area (Å²) in [6.45, 7) is 1.85. The van der Waals surface area contributed by atoms with Crippen molar-refractivity contribution in [3.63, 3.8) is 0 Å². The fourth-order valence-corrected chi connectivity index (χ4v) is 4.52. The smallest absolute Gasteiger partial charge is 0.338 e. The standard InChI is InChI=1S/C26H18N2O4S/c1-16-7-5-6-10-22(16)28-24(29)20-12-11-18(13-21(20)25(28)30)26(31)32-14-19-15-33-23(27-19)17-8-3-2-4-9-17/h2-13,15H,14H2,1H3. The summed E-state index contributed by atoms with van der Waals surface area (Å²) in [5.74, 6) is -1.44. The van der Waals surface area contributed by atoms with Crippen molar-refractivity contribution in [3.8, 4) is 10.6 Å². The number of carbonyl (C=O) groups excluding carboxylic acids is 3. The molecular formula is C26H18N2O4S. The van der Waals surface area contributed by atoms with Gasteiger partial charge in [0.2, 0.25) is 0 Å². The summed E-state index contributed by atoms with van der Waals surface area (Å²) in [4.78, 5) is 44.1. The number of anilines is 1. The summed E-state index contributed by atoms with van der Waals surface area (Å²) in [6, 6.07) is 21.4. The van der Waals surface area contributed by atoms with Gasteiger partial charge < -0.3 is 4.74 Å². The van der Waals surface area contributed by atoms with E-state index in [2.05, 4.69) is 4.98 Å². The largest absolute Gasteiger partial charge is 0.456 e. The summed E-state index contributed by atoms with van der Waals surface area (Å²) in [5.41, 5.74) is 3.66. The fourth-order valence-electron chi connectivity index (χ4n) is 3.71. The maximum Gasteiger partial charge on any atom is 0.338 e. The predicted octanol–water partition coefficient (Wildman–Crippen LogP) is 5.28. The zero-order valence-corrected chi connectivity index (χ0v) is 18.5. The Morgan fingerprint density at radius 1 is 0.939 bits per heavy atom. The zero-order valence-electron chi connectivity index (χ0n) is 17.6. The summed E-state index contributed by atoms with van der Waals surface area (Å²) in [5, 5.41) is 2.69. The minimum Gasteiger partial charge on any atom is -0.456 e. The molecule has 4 aromatic rings. The van der Waals surface area contributed by atoms with Crippen LogP contribution in [0.1, 0.15) is 42.3 Å². The number of aromatic nitrogens is 1. The Balaban J connectivity index is 1.32. The number of imide groups is 1. The molecule has 2 amide bonds. The Hall–Kier alpha value is -4.10. The van der Waals surface area contributed by atoms with Gasteiger partial charge in [-0.2, -0.15) is 0 Å². The highest BCUT2D eigenvalue weighted by Crippen LogP contribution is 2.31. The molecule has 162 valence electrons. The molecule has 0 unspecified atom stereocenters. The van der Waals surface area contributed by atoms with Gasteiger partial charge in [-0.3, -0.25) is 9.59 Å². The van der Waals surface area contributed by atoms with Crippen molar-refractivity contribution < 1.29 is 19.1 Å². The van der Waals surface area contributed by atoms with Crippen molar-refractivity contribution in [2.75, 3.05) is 4.90 Å². The molecule has 0 spiro atoms. The van der Waals surface area contributed by atoms with Crippen molar-refractivity contribution in [3.05, 3.63) is 106 Å². The van der Waals surface area contributed by atoms with E-state index in [9.17, 15) is 14.4 Å². The topological polar surface area (TPSA) is 76.6 Å². The van der Waals surface area contributed by atoms with Crippen molar-refractivity contribution >= 4 is 34.8 Å². The van der Waals surface area contributed by atoms with E-state index in [1.807, 2.05) is 54.8 Å². The van der Waals surface area contributed by atoms with Crippen molar-refractivity contribution in [1.29, 1.82) is 0 Å². The van der Waals surface area contributed by atoms with Gasteiger partial charge in [0.05, 0.1) is 28.1 Å². The third-order valence-corrected chi connectivity index (χ3v) is 6.34. The molecule has 1 aliphatic rings. The first-order valence-electron chi connectivity index (χ1n) is 10.3. The minimum atomic E-state index is -0.582. The molecule has 0 atom stereocenters. The molecular weight excluding hydrogens is 436 g/mol. The van der Waals surface area contributed by atoms with E-state index >= 15 is 0 Å². The lowest BCUT2D eigenvalue weighted by Crippen LogP contribution is -2.29. The van der Waals surface area contributed by atoms with Crippen LogP contribution in [-0.4, -0.2) is 22.8 Å². The Morgan fingerprint density at radius 2 is 1.67 bits per heavy atom. The molecule has 5 rings (SSSR count). The monoisotopic (exact) mass is 454 g/mol. The van der Waals surface area contributed by atoms with Crippen LogP contribution >= 0.6 is 11.3 Å². The van der Waals surface area contributed by atoms with Crippen LogP contribution in [-0.2, 0) is 11.3 Å². The number of esters is 1. The van der Waals surface area contributed by atoms with E-state index in [0.717, 1.165) is 21.0 Å². The molecule has 0 saturated carbocycles. The quantitative estimate of drug-likeness (QED) is 0.303. The van der Waals surface area contributed by atoms with Crippen LogP contribution in [0.15, 0.2) is 78.2 Å². The SMILES string of the molecule is Cc1ccccc1N1C(=O)c2ccc(C(=O)OCc3csc(-c4ccccc4)n3)cc2C1=O. The van der Waals surface area contributed by atoms with Gasteiger partial charge in [0, 0.05) is 10.9 Å². The Bertz CT molecular complexity index is 1390. The highest BCUT2D eigenvalue weighted by atomic mass is 32.1. The number of amides is 2. The number of nitrogens with zero attached hydrogens (tertiary/aromatic N) is 2. The van der Waals surface area contributed by atoms with Crippen LogP contribution in [0.25, 0.3) is 10.6 Å². The number of hydrogen-bond donors (Lipinski definition) is 0. The number of thiazole rings is 1. The maximum atomic E-state index is 13.0. The van der Waals surface area contributed by atoms with Crippen molar-refractivity contribution in [2.24, 2.45) is 0 Å². The van der Waals surface area contributed by atoms with Gasteiger partial charge in [0.1, 0.15) is 11.6 Å². The number of aryl methyl sites for hydroxylation is 1. The van der Waals surface area contributed by atoms with E-state index in [4.69, 9.17) is 4.74 Å². The lowest BCUT2D eigenvalue weighted by molar-refractivity contribution is 0.0468. The Morgan fingerprint density at radius 3 is 2.45 bits per heavy atom. The van der Waals surface area contributed by atoms with Crippen LogP contribution in [0.2, 0.25) is 0 Å². The molecule has 0 fully saturated rings. The molecule has 6 nitrogen and oxygen atoms in total. The van der Waals surface area contributed by atoms with E-state index in [1.54, 1.807) is 12.1 Å². The molecule has 0 aliphatic carbocycles. The summed E-state index contributed by atoms with van der Waals surface area (Å²) in [6.07, 6.45) is 0. The van der Waals surface area contributed by atoms with Crippen molar-refractivity contribution in [2.45, 2.75) is 13.5 Å². The predicted molar refractivity (Wildman–Crippen MR) is 125 cm³/mol. The molecule has 1 aliphatic heterocycles. The molecule has 1 aromatic heterocycles. The molecule has 0 N–H and O–H groups in total. The second-order valence-electron chi connectivity index (χ2n) is 7.58. The van der Waals surface area contributed by atoms with Gasteiger partial charge in [-0.15, -0.1) is 11.3 Å². The maximum absolute atomic E-state index is 13.0. The number of ether oxygens (including phenoxy) is 1. The summed E-state index contributed by atoms with van der Waals surface area (Å²) < 4.78 is 5.41. The summed E-state index contributed by atoms with van der Waals surface area (Å²) in [7, 11) is 0. The van der Waals surface area contributed by atoms with E-state index in [-0.39, 0.29) is 23.3 Å². The second kappa shape index (κ2) is 8.44. The lowest BCUT2D eigenvalue weighted by atomic mass is 10.1. The van der Waals surface area contributed by atoms with Gasteiger partial charge in [-0.05, 0) is 36.8 Å². The van der Waals surface area contributed by atoms with Gasteiger partial charge in [0.15, 0.2) is 0 Å². The van der Waals surface area contributed by atoms with Gasteiger partial charge in [0.25, 0.3) is 11.8 Å². The normalized spacial score (nSPS) is 12.7. The molecule has 0 saturated heterocycles. The van der Waals surface area contributed by atoms with E-state index < -0.39 is 17.8 Å². The first kappa shape index (κ1) is 20.8. The number of fused-ring (bicyclic) bond motifs is 1. The minimum absolute atomic E-state index is 0.0153. The van der Waals surface area contributed by atoms with E-state index in [1.165, 1.54) is 29.5 Å². The van der Waals surface area contributed by atoms with Crippen LogP contribution in [0.4, 0.5) is 5.69 Å². The van der Waals surface area contributed by atoms with Gasteiger partial charge in [-0.25, -0.2) is 14.7 Å². The molecule has 7 heteroatoms. The first-order valence-corrected chi connectivity index (χ1v) is 11.2. The first-order chi connectivity index (χ1) is 16.0. The highest BCUT2D eigenvalue weighted by molar-refractivity contribution is 7.13. The fraction of sp³-hybridized carbons (Fsp3) is 0.0769. The Labute approximate surface area is 194 Å². The van der Waals surface area contributed by atoms with E-state index in [0.29, 0.717) is 11.4 Å². The van der Waals surface area contributed by atoms with Crippen LogP contribution < -0.4 is 4.90 Å². The molecule has 0 radical (unpaired) electrons. The van der Waals surface area contributed by atoms with Crippen LogP contribution in [0.5, 0.6) is 0 Å². The summed E-state index contributed by atoms with van der Waals surface area (Å²) >= 11 is 1.48. The molecule has 0 bridgehead atoms. The average molecular weight is 455 g/mol. The third kappa shape index (κ3) is 3.83. The van der Waals surface area contributed by atoms with Gasteiger partial charge >= 0.3 is 5.97 Å². The zero-order chi connectivity index (χ0) is 22.9. The Kier molecular flexibility index (Phi) is 5.32. The van der Waals surface area contributed by atoms with Crippen LogP contribution in [0, 0.1) is 6.92 Å². The van der Waals surface area contributed by atoms with Crippen molar-refractivity contribution in [1.82, 2.24) is 4.98 Å². The number of benzene rings is 3. The number of rotatable bonds is 5. The highest BCUT2D eigenvalue weighted by Gasteiger charge is 2.37. The third-order valence-electron chi connectivity index (χ3n) is 5.40. The average Bonchev–Trinajstić information content (AvgIpc) is 3.41. The van der Waals surface area contributed by atoms with Gasteiger partial charge in [-0.1, -0.05) is 48.5 Å². The number of hydrogen-bond acceptors (Lipinski definition) is 6. The number of para-hydroxylation sites is 1. The molecule has 33 heavy (non-hydrogen) atoms. The number of carbonyl (C=O) groups is 3. The second-order valence-corrected chi connectivity index (χ2v) is 8.44. The van der Waals surface area contributed by atoms with Crippen LogP contribution in [0.3, 0.4) is 0 Å². The lowest BCUT2D eigenvalue weighted by Gasteiger charge is -2.16. The molecule has 2 heterocycles. The molecule has 3 aromatic carbocycles.